The van der Waals surface area contributed by atoms with Gasteiger partial charge in [0.05, 0.1) is 6.61 Å². The van der Waals surface area contributed by atoms with Crippen LogP contribution in [-0.2, 0) is 19.1 Å². The van der Waals surface area contributed by atoms with Crippen molar-refractivity contribution in [1.29, 1.82) is 0 Å². The quantitative estimate of drug-likeness (QED) is 0.315. The van der Waals surface area contributed by atoms with Gasteiger partial charge in [-0.1, -0.05) is 11.6 Å². The van der Waals surface area contributed by atoms with Crippen molar-refractivity contribution in [3.8, 4) is 0 Å². The maximum atomic E-state index is 11.7. The summed E-state index contributed by atoms with van der Waals surface area (Å²) in [6, 6.07) is 0. The first-order valence-electron chi connectivity index (χ1n) is 6.07. The van der Waals surface area contributed by atoms with Gasteiger partial charge in [0, 0.05) is 18.9 Å². The summed E-state index contributed by atoms with van der Waals surface area (Å²) in [5, 5.41) is 0. The maximum Gasteiger partial charge on any atom is 0.205 e. The van der Waals surface area contributed by atoms with E-state index in [2.05, 4.69) is 6.08 Å². The van der Waals surface area contributed by atoms with Crippen LogP contribution in [-0.4, -0.2) is 32.1 Å². The van der Waals surface area contributed by atoms with Crippen LogP contribution in [0.5, 0.6) is 0 Å². The van der Waals surface area contributed by atoms with Crippen molar-refractivity contribution in [3.63, 3.8) is 0 Å². The summed E-state index contributed by atoms with van der Waals surface area (Å²) < 4.78 is 9.95. The van der Waals surface area contributed by atoms with E-state index in [9.17, 15) is 9.59 Å². The van der Waals surface area contributed by atoms with Crippen molar-refractivity contribution in [2.75, 3.05) is 20.5 Å². The van der Waals surface area contributed by atoms with Gasteiger partial charge in [-0.3, -0.25) is 9.59 Å². The third-order valence-corrected chi connectivity index (χ3v) is 3.55. The van der Waals surface area contributed by atoms with Crippen molar-refractivity contribution < 1.29 is 19.1 Å². The summed E-state index contributed by atoms with van der Waals surface area (Å²) in [4.78, 5) is 23.2. The Morgan fingerprint density at radius 2 is 2.18 bits per heavy atom. The fourth-order valence-corrected chi connectivity index (χ4v) is 2.67. The second-order valence-electron chi connectivity index (χ2n) is 4.63. The molecule has 2 rings (SSSR count). The molecule has 0 aliphatic heterocycles. The number of Topliss-reactive ketones (excluding diaryl/α,β-unsaturated/α-hetero) is 2. The number of carbonyl (C=O) groups is 2. The van der Waals surface area contributed by atoms with Gasteiger partial charge >= 0.3 is 0 Å². The van der Waals surface area contributed by atoms with Crippen LogP contribution >= 0.6 is 0 Å². The molecule has 4 nitrogen and oxygen atoms in total. The summed E-state index contributed by atoms with van der Waals surface area (Å²) in [6.45, 7) is 0.891. The highest BCUT2D eigenvalue weighted by atomic mass is 16.7. The van der Waals surface area contributed by atoms with Crippen molar-refractivity contribution in [3.05, 3.63) is 11.6 Å². The minimum Gasteiger partial charge on any atom is -0.359 e. The number of carbonyl (C=O) groups excluding carboxylic acids is 2. The Morgan fingerprint density at radius 3 is 2.94 bits per heavy atom. The van der Waals surface area contributed by atoms with Crippen LogP contribution in [0.2, 0.25) is 0 Å². The third-order valence-electron chi connectivity index (χ3n) is 3.55. The van der Waals surface area contributed by atoms with Crippen LogP contribution in [0.25, 0.3) is 0 Å². The molecule has 2 bridgehead atoms. The number of rotatable bonds is 5. The van der Waals surface area contributed by atoms with Crippen LogP contribution in [0.15, 0.2) is 11.6 Å². The second-order valence-corrected chi connectivity index (χ2v) is 4.63. The minimum atomic E-state index is -0.170. The second kappa shape index (κ2) is 5.56. The summed E-state index contributed by atoms with van der Waals surface area (Å²) in [5.41, 5.74) is 1.14. The predicted molar refractivity (Wildman–Crippen MR) is 61.4 cm³/mol. The highest BCUT2D eigenvalue weighted by Gasteiger charge is 2.45. The van der Waals surface area contributed by atoms with E-state index in [0.717, 1.165) is 31.3 Å². The van der Waals surface area contributed by atoms with Gasteiger partial charge in [-0.15, -0.1) is 0 Å². The predicted octanol–water partition coefficient (Wildman–Crippen LogP) is 1.49. The number of fused-ring (bicyclic) bond motifs is 2. The number of hydrogen-bond acceptors (Lipinski definition) is 4. The first-order valence-corrected chi connectivity index (χ1v) is 6.07. The molecule has 0 aromatic carbocycles. The van der Waals surface area contributed by atoms with E-state index in [1.54, 1.807) is 7.11 Å². The Bertz CT molecular complexity index is 345. The minimum absolute atomic E-state index is 0.00870. The van der Waals surface area contributed by atoms with E-state index in [0.29, 0.717) is 13.4 Å². The number of allylic oxidation sites excluding steroid dienone is 1. The topological polar surface area (TPSA) is 52.6 Å². The van der Waals surface area contributed by atoms with E-state index in [1.807, 2.05) is 0 Å². The average Bonchev–Trinajstić information content (AvgIpc) is 2.57. The molecule has 2 aliphatic carbocycles. The Morgan fingerprint density at radius 1 is 1.35 bits per heavy atom. The Hall–Kier alpha value is -1.00. The largest absolute Gasteiger partial charge is 0.359 e. The molecule has 0 amide bonds. The van der Waals surface area contributed by atoms with Crippen molar-refractivity contribution in [2.24, 2.45) is 11.8 Å². The van der Waals surface area contributed by atoms with Crippen LogP contribution < -0.4 is 0 Å². The Kier molecular flexibility index (Phi) is 4.07. The Balaban J connectivity index is 1.87. The van der Waals surface area contributed by atoms with Crippen molar-refractivity contribution in [1.82, 2.24) is 0 Å². The monoisotopic (exact) mass is 238 g/mol. The fourth-order valence-electron chi connectivity index (χ4n) is 2.67. The van der Waals surface area contributed by atoms with E-state index in [4.69, 9.17) is 9.47 Å². The van der Waals surface area contributed by atoms with Gasteiger partial charge < -0.3 is 9.47 Å². The van der Waals surface area contributed by atoms with E-state index in [-0.39, 0.29) is 23.4 Å². The van der Waals surface area contributed by atoms with E-state index >= 15 is 0 Å². The number of ketones is 2. The molecule has 0 aromatic rings. The zero-order valence-corrected chi connectivity index (χ0v) is 10.1. The molecular formula is C13H18O4. The number of ether oxygens (including phenoxy) is 2. The molecule has 0 spiro atoms. The molecule has 2 atom stereocenters. The molecule has 94 valence electrons. The van der Waals surface area contributed by atoms with Crippen molar-refractivity contribution >= 4 is 11.6 Å². The summed E-state index contributed by atoms with van der Waals surface area (Å²) in [6.07, 6.45) is 5.31. The van der Waals surface area contributed by atoms with Crippen LogP contribution in [0.3, 0.4) is 0 Å². The normalized spacial score (nSPS) is 30.3. The third kappa shape index (κ3) is 2.64. The molecule has 2 aliphatic rings. The summed E-state index contributed by atoms with van der Waals surface area (Å²) >= 11 is 0. The van der Waals surface area contributed by atoms with Gasteiger partial charge in [-0.2, -0.15) is 0 Å². The summed E-state index contributed by atoms with van der Waals surface area (Å²) in [7, 11) is 1.59. The summed E-state index contributed by atoms with van der Waals surface area (Å²) in [5.74, 6) is -0.427. The Labute approximate surface area is 101 Å². The van der Waals surface area contributed by atoms with E-state index in [1.165, 1.54) is 0 Å². The van der Waals surface area contributed by atoms with Gasteiger partial charge in [0.25, 0.3) is 0 Å². The molecule has 0 heterocycles. The average molecular weight is 238 g/mol. The number of methoxy groups -OCH3 is 1. The van der Waals surface area contributed by atoms with Crippen LogP contribution in [0, 0.1) is 11.8 Å². The molecule has 0 aromatic heterocycles. The highest BCUT2D eigenvalue weighted by molar-refractivity contribution is 6.41. The first-order chi connectivity index (χ1) is 8.24. The van der Waals surface area contributed by atoms with Gasteiger partial charge in [-0.05, 0) is 25.7 Å². The first kappa shape index (κ1) is 12.5. The molecule has 2 fully saturated rings. The molecule has 0 radical (unpaired) electrons. The van der Waals surface area contributed by atoms with Crippen LogP contribution in [0.4, 0.5) is 0 Å². The van der Waals surface area contributed by atoms with Gasteiger partial charge in [0.1, 0.15) is 6.79 Å². The van der Waals surface area contributed by atoms with Gasteiger partial charge in [0.2, 0.25) is 11.6 Å². The lowest BCUT2D eigenvalue weighted by molar-refractivity contribution is -0.136. The lowest BCUT2D eigenvalue weighted by atomic mass is 9.84. The van der Waals surface area contributed by atoms with Gasteiger partial charge in [0.15, 0.2) is 0 Å². The lowest BCUT2D eigenvalue weighted by Crippen LogP contribution is -2.14. The number of hydrogen-bond donors (Lipinski definition) is 0. The zero-order valence-electron chi connectivity index (χ0n) is 10.1. The smallest absolute Gasteiger partial charge is 0.205 e. The van der Waals surface area contributed by atoms with Crippen molar-refractivity contribution in [2.45, 2.75) is 25.7 Å². The SMILES string of the molecule is COCOCCC=C1CCC2CC1C(=O)C2=O. The standard InChI is InChI=1S/C13H18O4/c1-16-8-17-6-2-3-9-4-5-10-7-11(9)13(15)12(10)14/h3,10-11H,2,4-8H2,1H3. The molecule has 4 heteroatoms. The van der Waals surface area contributed by atoms with Crippen LogP contribution in [0.1, 0.15) is 25.7 Å². The molecule has 2 unspecified atom stereocenters. The van der Waals surface area contributed by atoms with E-state index < -0.39 is 0 Å². The maximum absolute atomic E-state index is 11.7. The lowest BCUT2D eigenvalue weighted by Gasteiger charge is -2.19. The zero-order chi connectivity index (χ0) is 12.3. The highest BCUT2D eigenvalue weighted by Crippen LogP contribution is 2.40. The van der Waals surface area contributed by atoms with Gasteiger partial charge in [-0.25, -0.2) is 0 Å². The molecule has 17 heavy (non-hydrogen) atoms. The fraction of sp³-hybridized carbons (Fsp3) is 0.692. The molecule has 0 saturated heterocycles. The molecule has 0 N–H and O–H groups in total. The molecule has 2 saturated carbocycles. The molecular weight excluding hydrogens is 220 g/mol.